The summed E-state index contributed by atoms with van der Waals surface area (Å²) in [5.41, 5.74) is 1.04. The third-order valence-electron chi connectivity index (χ3n) is 2.47. The van der Waals surface area contributed by atoms with E-state index in [1.165, 1.54) is 0 Å². The molecule has 0 saturated carbocycles. The smallest absolute Gasteiger partial charge is 0.289 e. The monoisotopic (exact) mass is 305 g/mol. The molecule has 0 aliphatic heterocycles. The van der Waals surface area contributed by atoms with Gasteiger partial charge in [0.15, 0.2) is 0 Å². The maximum Gasteiger partial charge on any atom is 0.289 e. The van der Waals surface area contributed by atoms with E-state index in [2.05, 4.69) is 31.2 Å². The van der Waals surface area contributed by atoms with Gasteiger partial charge < -0.3 is 5.32 Å². The molecule has 0 unspecified atom stereocenters. The van der Waals surface area contributed by atoms with E-state index in [0.29, 0.717) is 0 Å². The Morgan fingerprint density at radius 3 is 2.44 bits per heavy atom. The molecule has 1 N–H and O–H groups in total. The number of amides is 1. The molecule has 0 fully saturated rings. The molecule has 0 aliphatic carbocycles. The summed E-state index contributed by atoms with van der Waals surface area (Å²) < 4.78 is 0.746. The first-order valence-electron chi connectivity index (χ1n) is 5.50. The van der Waals surface area contributed by atoms with Crippen molar-refractivity contribution >= 4 is 21.8 Å². The van der Waals surface area contributed by atoms with Gasteiger partial charge in [0.25, 0.3) is 5.91 Å². The molecular formula is C13H12BrN3O. The number of nitrogens with zero attached hydrogens (tertiary/aromatic N) is 2. The normalized spacial score (nSPS) is 11.9. The van der Waals surface area contributed by atoms with Crippen molar-refractivity contribution in [3.63, 3.8) is 0 Å². The Bertz CT molecular complexity index is 528. The fourth-order valence-corrected chi connectivity index (χ4v) is 1.72. The number of halogens is 1. The van der Waals surface area contributed by atoms with Gasteiger partial charge in [-0.05, 0) is 28.4 Å². The van der Waals surface area contributed by atoms with Crippen molar-refractivity contribution < 1.29 is 4.79 Å². The highest BCUT2D eigenvalue weighted by molar-refractivity contribution is 9.10. The number of nitrogens with one attached hydrogen (secondary N) is 1. The summed E-state index contributed by atoms with van der Waals surface area (Å²) in [6.45, 7) is 1.92. The highest BCUT2D eigenvalue weighted by Gasteiger charge is 2.13. The van der Waals surface area contributed by atoms with Crippen LogP contribution in [0.25, 0.3) is 0 Å². The molecule has 1 aromatic heterocycles. The van der Waals surface area contributed by atoms with E-state index in [1.54, 1.807) is 12.4 Å². The average molecular weight is 306 g/mol. The third kappa shape index (κ3) is 3.13. The van der Waals surface area contributed by atoms with Gasteiger partial charge >= 0.3 is 0 Å². The van der Waals surface area contributed by atoms with Crippen LogP contribution < -0.4 is 5.32 Å². The molecular weight excluding hydrogens is 294 g/mol. The molecule has 2 rings (SSSR count). The van der Waals surface area contributed by atoms with Crippen LogP contribution >= 0.6 is 15.9 Å². The Hall–Kier alpha value is -1.75. The second-order valence-corrected chi connectivity index (χ2v) is 4.75. The highest BCUT2D eigenvalue weighted by atomic mass is 79.9. The summed E-state index contributed by atoms with van der Waals surface area (Å²) in [6.07, 6.45) is 3.10. The first kappa shape index (κ1) is 12.7. The lowest BCUT2D eigenvalue weighted by Crippen LogP contribution is -2.28. The lowest BCUT2D eigenvalue weighted by molar-refractivity contribution is 0.0929. The summed E-state index contributed by atoms with van der Waals surface area (Å²) in [7, 11) is 0. The zero-order valence-corrected chi connectivity index (χ0v) is 11.4. The Balaban J connectivity index is 2.06. The summed E-state index contributed by atoms with van der Waals surface area (Å²) in [5, 5.41) is 2.85. The fraction of sp³-hybridized carbons (Fsp3) is 0.154. The Morgan fingerprint density at radius 2 is 1.83 bits per heavy atom. The SMILES string of the molecule is C[C@H](NC(=O)c1ncc(Br)cn1)c1ccccc1. The predicted octanol–water partition coefficient (Wildman–Crippen LogP) is 2.73. The van der Waals surface area contributed by atoms with E-state index in [1.807, 2.05) is 37.3 Å². The Kier molecular flexibility index (Phi) is 4.04. The molecule has 18 heavy (non-hydrogen) atoms. The first-order valence-corrected chi connectivity index (χ1v) is 6.29. The van der Waals surface area contributed by atoms with Crippen molar-refractivity contribution in [3.8, 4) is 0 Å². The number of hydrogen-bond acceptors (Lipinski definition) is 3. The number of rotatable bonds is 3. The molecule has 4 nitrogen and oxygen atoms in total. The van der Waals surface area contributed by atoms with Gasteiger partial charge in [-0.25, -0.2) is 9.97 Å². The average Bonchev–Trinajstić information content (AvgIpc) is 2.40. The van der Waals surface area contributed by atoms with Gasteiger partial charge in [0.1, 0.15) is 0 Å². The number of hydrogen-bond donors (Lipinski definition) is 1. The van der Waals surface area contributed by atoms with Crippen LogP contribution in [0.5, 0.6) is 0 Å². The van der Waals surface area contributed by atoms with Crippen LogP contribution in [0.3, 0.4) is 0 Å². The van der Waals surface area contributed by atoms with Gasteiger partial charge in [0.2, 0.25) is 5.82 Å². The van der Waals surface area contributed by atoms with Gasteiger partial charge in [-0.3, -0.25) is 4.79 Å². The van der Waals surface area contributed by atoms with Crippen molar-refractivity contribution in [1.82, 2.24) is 15.3 Å². The van der Waals surface area contributed by atoms with Gasteiger partial charge in [-0.2, -0.15) is 0 Å². The van der Waals surface area contributed by atoms with E-state index in [4.69, 9.17) is 0 Å². The molecule has 0 radical (unpaired) electrons. The van der Waals surface area contributed by atoms with E-state index in [-0.39, 0.29) is 17.8 Å². The number of aromatic nitrogens is 2. The minimum Gasteiger partial charge on any atom is -0.343 e. The Morgan fingerprint density at radius 1 is 1.22 bits per heavy atom. The van der Waals surface area contributed by atoms with E-state index >= 15 is 0 Å². The van der Waals surface area contributed by atoms with Crippen LogP contribution in [-0.4, -0.2) is 15.9 Å². The third-order valence-corrected chi connectivity index (χ3v) is 2.88. The highest BCUT2D eigenvalue weighted by Crippen LogP contribution is 2.11. The second kappa shape index (κ2) is 5.73. The van der Waals surface area contributed by atoms with Crippen molar-refractivity contribution in [1.29, 1.82) is 0 Å². The quantitative estimate of drug-likeness (QED) is 0.948. The summed E-state index contributed by atoms with van der Waals surface area (Å²) in [4.78, 5) is 19.8. The number of carbonyl (C=O) groups excluding carboxylic acids is 1. The maximum absolute atomic E-state index is 11.9. The molecule has 0 spiro atoms. The number of benzene rings is 1. The van der Waals surface area contributed by atoms with E-state index in [9.17, 15) is 4.79 Å². The molecule has 0 saturated heterocycles. The van der Waals surface area contributed by atoms with Gasteiger partial charge in [-0.1, -0.05) is 30.3 Å². The molecule has 2 aromatic rings. The van der Waals surface area contributed by atoms with Crippen molar-refractivity contribution in [2.75, 3.05) is 0 Å². The molecule has 5 heteroatoms. The molecule has 1 heterocycles. The van der Waals surface area contributed by atoms with Crippen molar-refractivity contribution in [2.24, 2.45) is 0 Å². The number of carbonyl (C=O) groups is 1. The van der Waals surface area contributed by atoms with Gasteiger partial charge in [0, 0.05) is 12.4 Å². The van der Waals surface area contributed by atoms with Crippen molar-refractivity contribution in [2.45, 2.75) is 13.0 Å². The van der Waals surface area contributed by atoms with E-state index in [0.717, 1.165) is 10.0 Å². The fourth-order valence-electron chi connectivity index (χ4n) is 1.52. The topological polar surface area (TPSA) is 54.9 Å². The molecule has 1 atom stereocenters. The molecule has 92 valence electrons. The van der Waals surface area contributed by atoms with Gasteiger partial charge in [0.05, 0.1) is 10.5 Å². The first-order chi connectivity index (χ1) is 8.66. The lowest BCUT2D eigenvalue weighted by Gasteiger charge is -2.13. The van der Waals surface area contributed by atoms with E-state index < -0.39 is 0 Å². The summed E-state index contributed by atoms with van der Waals surface area (Å²) in [6, 6.07) is 9.67. The van der Waals surface area contributed by atoms with Crippen LogP contribution in [0.1, 0.15) is 29.1 Å². The van der Waals surface area contributed by atoms with Gasteiger partial charge in [-0.15, -0.1) is 0 Å². The van der Waals surface area contributed by atoms with Crippen LogP contribution in [-0.2, 0) is 0 Å². The summed E-state index contributed by atoms with van der Waals surface area (Å²) in [5.74, 6) is -0.111. The molecule has 0 aliphatic rings. The second-order valence-electron chi connectivity index (χ2n) is 3.83. The van der Waals surface area contributed by atoms with Crippen LogP contribution in [0.4, 0.5) is 0 Å². The standard InChI is InChI=1S/C13H12BrN3O/c1-9(10-5-3-2-4-6-10)17-13(18)12-15-7-11(14)8-16-12/h2-9H,1H3,(H,17,18)/t9-/m0/s1. The minimum absolute atomic E-state index is 0.0778. The molecule has 1 aromatic carbocycles. The lowest BCUT2D eigenvalue weighted by atomic mass is 10.1. The molecule has 1 amide bonds. The van der Waals surface area contributed by atoms with Crippen LogP contribution in [0.15, 0.2) is 47.2 Å². The zero-order chi connectivity index (χ0) is 13.0. The zero-order valence-electron chi connectivity index (χ0n) is 9.80. The minimum atomic E-state index is -0.279. The predicted molar refractivity (Wildman–Crippen MR) is 72.1 cm³/mol. The van der Waals surface area contributed by atoms with Crippen LogP contribution in [0.2, 0.25) is 0 Å². The molecule has 0 bridgehead atoms. The maximum atomic E-state index is 11.9. The Labute approximate surface area is 114 Å². The largest absolute Gasteiger partial charge is 0.343 e. The van der Waals surface area contributed by atoms with Crippen LogP contribution in [0, 0.1) is 0 Å². The summed E-state index contributed by atoms with van der Waals surface area (Å²) >= 11 is 3.23. The van der Waals surface area contributed by atoms with Crippen molar-refractivity contribution in [3.05, 3.63) is 58.6 Å².